The van der Waals surface area contributed by atoms with Gasteiger partial charge in [-0.25, -0.2) is 0 Å². The third kappa shape index (κ3) is 8.45. The number of hydrogen-bond acceptors (Lipinski definition) is 1. The fraction of sp³-hybridized carbons (Fsp3) is 0. The monoisotopic (exact) mass is 779 g/mol. The van der Waals surface area contributed by atoms with Gasteiger partial charge in [-0.15, -0.1) is 0 Å². The first-order valence-corrected chi connectivity index (χ1v) is 20.7. The number of allylic oxidation sites excluding steroid dienone is 4. The minimum atomic E-state index is 1.05. The number of nitrogens with zero attached hydrogens (tertiary/aromatic N) is 1. The summed E-state index contributed by atoms with van der Waals surface area (Å²) in [5, 5.41) is 0. The van der Waals surface area contributed by atoms with Crippen molar-refractivity contribution in [2.24, 2.45) is 0 Å². The highest BCUT2D eigenvalue weighted by Crippen LogP contribution is 2.42. The van der Waals surface area contributed by atoms with Crippen LogP contribution in [0.3, 0.4) is 0 Å². The van der Waals surface area contributed by atoms with E-state index < -0.39 is 0 Å². The Morgan fingerprint density at radius 1 is 0.311 bits per heavy atom. The molecule has 9 aromatic carbocycles. The summed E-state index contributed by atoms with van der Waals surface area (Å²) in [6.45, 7) is 7.81. The molecule has 0 radical (unpaired) electrons. The van der Waals surface area contributed by atoms with Crippen molar-refractivity contribution in [3.63, 3.8) is 0 Å². The van der Waals surface area contributed by atoms with E-state index in [0.29, 0.717) is 0 Å². The van der Waals surface area contributed by atoms with Crippen LogP contribution in [0.2, 0.25) is 0 Å². The van der Waals surface area contributed by atoms with Gasteiger partial charge >= 0.3 is 0 Å². The molecule has 0 amide bonds. The normalized spacial score (nSPS) is 11.2. The molecule has 0 fully saturated rings. The molecular weight excluding hydrogens is 735 g/mol. The predicted octanol–water partition coefficient (Wildman–Crippen LogP) is 16.9. The van der Waals surface area contributed by atoms with E-state index >= 15 is 0 Å². The van der Waals surface area contributed by atoms with Gasteiger partial charge in [-0.3, -0.25) is 0 Å². The van der Waals surface area contributed by atoms with E-state index in [4.69, 9.17) is 0 Å². The molecule has 0 atom stereocenters. The van der Waals surface area contributed by atoms with Crippen LogP contribution in [0.1, 0.15) is 5.56 Å². The van der Waals surface area contributed by atoms with Crippen LogP contribution < -0.4 is 4.90 Å². The SMILES string of the molecule is C=C/C=C(\C=C)c1ccc(-c2ccc(-c3ccc(N(c4ccc(-c5ccccc5)cc4)c4ccc(-c5ccc(-c6ccccc6)cc5)cc4)cc3-c3ccccc3)cc2)cc1. The maximum absolute atomic E-state index is 3.97. The van der Waals surface area contributed by atoms with E-state index in [-0.39, 0.29) is 0 Å². The fourth-order valence-electron chi connectivity index (χ4n) is 8.06. The molecule has 0 aromatic heterocycles. The van der Waals surface area contributed by atoms with Crippen LogP contribution in [0, 0.1) is 0 Å². The summed E-state index contributed by atoms with van der Waals surface area (Å²) >= 11 is 0. The quantitative estimate of drug-likeness (QED) is 0.112. The zero-order valence-corrected chi connectivity index (χ0v) is 34.0. The highest BCUT2D eigenvalue weighted by Gasteiger charge is 2.17. The first-order chi connectivity index (χ1) is 30.1. The number of anilines is 3. The second-order valence-corrected chi connectivity index (χ2v) is 15.1. The van der Waals surface area contributed by atoms with Crippen LogP contribution in [0.4, 0.5) is 17.1 Å². The van der Waals surface area contributed by atoms with E-state index in [0.717, 1.165) is 33.8 Å². The van der Waals surface area contributed by atoms with Crippen molar-refractivity contribution in [3.8, 4) is 66.8 Å². The van der Waals surface area contributed by atoms with Gasteiger partial charge < -0.3 is 4.90 Å². The molecule has 0 saturated carbocycles. The topological polar surface area (TPSA) is 3.24 Å². The Balaban J connectivity index is 1.09. The van der Waals surface area contributed by atoms with Crippen LogP contribution in [0.5, 0.6) is 0 Å². The van der Waals surface area contributed by atoms with Gasteiger partial charge in [0.05, 0.1) is 0 Å². The summed E-state index contributed by atoms with van der Waals surface area (Å²) < 4.78 is 0. The second kappa shape index (κ2) is 17.9. The molecule has 0 saturated heterocycles. The first kappa shape index (κ1) is 38.5. The highest BCUT2D eigenvalue weighted by molar-refractivity contribution is 5.90. The molecule has 1 heteroatoms. The van der Waals surface area contributed by atoms with Gasteiger partial charge in [0.1, 0.15) is 0 Å². The lowest BCUT2D eigenvalue weighted by Gasteiger charge is -2.27. The van der Waals surface area contributed by atoms with E-state index in [1.165, 1.54) is 61.2 Å². The Kier molecular flexibility index (Phi) is 11.3. The smallest absolute Gasteiger partial charge is 0.0468 e. The molecule has 0 spiro atoms. The van der Waals surface area contributed by atoms with Crippen molar-refractivity contribution in [3.05, 3.63) is 267 Å². The maximum Gasteiger partial charge on any atom is 0.0468 e. The molecule has 0 aliphatic rings. The molecule has 0 aliphatic heterocycles. The van der Waals surface area contributed by atoms with E-state index in [9.17, 15) is 0 Å². The maximum atomic E-state index is 3.97. The zero-order valence-electron chi connectivity index (χ0n) is 34.0. The first-order valence-electron chi connectivity index (χ1n) is 20.7. The summed E-state index contributed by atoms with van der Waals surface area (Å²) in [4.78, 5) is 2.36. The zero-order chi connectivity index (χ0) is 41.4. The summed E-state index contributed by atoms with van der Waals surface area (Å²) in [5.41, 5.74) is 19.6. The molecule has 61 heavy (non-hydrogen) atoms. The molecule has 1 nitrogen and oxygen atoms in total. The minimum absolute atomic E-state index is 1.05. The molecular formula is C60H45N. The lowest BCUT2D eigenvalue weighted by Crippen LogP contribution is -2.10. The van der Waals surface area contributed by atoms with Crippen LogP contribution in [0.25, 0.3) is 72.3 Å². The Bertz CT molecular complexity index is 2910. The third-order valence-electron chi connectivity index (χ3n) is 11.3. The summed E-state index contributed by atoms with van der Waals surface area (Å²) in [6.07, 6.45) is 5.64. The van der Waals surface area contributed by atoms with Gasteiger partial charge in [0.25, 0.3) is 0 Å². The molecule has 0 bridgehead atoms. The number of rotatable bonds is 12. The molecule has 0 aliphatic carbocycles. The average Bonchev–Trinajstić information content (AvgIpc) is 3.35. The van der Waals surface area contributed by atoms with Crippen LogP contribution in [-0.2, 0) is 0 Å². The van der Waals surface area contributed by atoms with Crippen LogP contribution in [0.15, 0.2) is 262 Å². The van der Waals surface area contributed by atoms with Crippen molar-refractivity contribution in [1.29, 1.82) is 0 Å². The summed E-state index contributed by atoms with van der Waals surface area (Å²) in [5.74, 6) is 0. The Morgan fingerprint density at radius 3 is 1.05 bits per heavy atom. The van der Waals surface area contributed by atoms with Gasteiger partial charge in [-0.05, 0) is 114 Å². The fourth-order valence-corrected chi connectivity index (χ4v) is 8.06. The van der Waals surface area contributed by atoms with Crippen molar-refractivity contribution >= 4 is 22.6 Å². The van der Waals surface area contributed by atoms with Gasteiger partial charge in [-0.1, -0.05) is 226 Å². The van der Waals surface area contributed by atoms with Gasteiger partial charge in [0.2, 0.25) is 0 Å². The molecule has 9 aromatic rings. The van der Waals surface area contributed by atoms with E-state index in [1.54, 1.807) is 6.08 Å². The van der Waals surface area contributed by atoms with Crippen LogP contribution in [-0.4, -0.2) is 0 Å². The van der Waals surface area contributed by atoms with Crippen LogP contribution >= 0.6 is 0 Å². The highest BCUT2D eigenvalue weighted by atomic mass is 15.1. The molecule has 290 valence electrons. The lowest BCUT2D eigenvalue weighted by molar-refractivity contribution is 1.28. The van der Waals surface area contributed by atoms with Crippen molar-refractivity contribution in [2.45, 2.75) is 0 Å². The second-order valence-electron chi connectivity index (χ2n) is 15.1. The van der Waals surface area contributed by atoms with E-state index in [2.05, 4.69) is 249 Å². The average molecular weight is 780 g/mol. The van der Waals surface area contributed by atoms with Gasteiger partial charge in [-0.2, -0.15) is 0 Å². The van der Waals surface area contributed by atoms with E-state index in [1.807, 2.05) is 12.2 Å². The minimum Gasteiger partial charge on any atom is -0.310 e. The largest absolute Gasteiger partial charge is 0.310 e. The Morgan fingerprint density at radius 2 is 0.639 bits per heavy atom. The molecule has 0 N–H and O–H groups in total. The molecule has 0 heterocycles. The van der Waals surface area contributed by atoms with Crippen molar-refractivity contribution in [2.75, 3.05) is 4.90 Å². The molecule has 0 unspecified atom stereocenters. The summed E-state index contributed by atoms with van der Waals surface area (Å²) in [6, 6.07) is 82.9. The predicted molar refractivity (Wildman–Crippen MR) is 262 cm³/mol. The van der Waals surface area contributed by atoms with Gasteiger partial charge in [0.15, 0.2) is 0 Å². The summed E-state index contributed by atoms with van der Waals surface area (Å²) in [7, 11) is 0. The third-order valence-corrected chi connectivity index (χ3v) is 11.3. The Hall–Kier alpha value is -8.00. The molecule has 9 rings (SSSR count). The number of hydrogen-bond donors (Lipinski definition) is 0. The van der Waals surface area contributed by atoms with Gasteiger partial charge in [0, 0.05) is 17.1 Å². The standard InChI is InChI=1S/C60H45N/c1-3-14-44(4-2)47-21-23-49(24-22-47)51-29-31-55(32-30-51)59-42-41-58(43-60(59)54-19-12-7-13-20-54)61(56-37-33-52(34-38-56)46-17-10-6-11-18-46)57-39-35-53(36-40-57)50-27-25-48(26-28-50)45-15-8-5-9-16-45/h3-43H,1-2H2/b44-14+. The van der Waals surface area contributed by atoms with Crippen molar-refractivity contribution < 1.29 is 0 Å². The Labute approximate surface area is 360 Å². The van der Waals surface area contributed by atoms with Crippen molar-refractivity contribution in [1.82, 2.24) is 0 Å². The lowest BCUT2D eigenvalue weighted by atomic mass is 9.92. The number of benzene rings is 9.